The van der Waals surface area contributed by atoms with Gasteiger partial charge in [-0.3, -0.25) is 4.79 Å². The molecule has 1 fully saturated rings. The van der Waals surface area contributed by atoms with E-state index in [-0.39, 0.29) is 11.8 Å². The van der Waals surface area contributed by atoms with Gasteiger partial charge < -0.3 is 20.1 Å². The molecule has 0 spiro atoms. The third-order valence-corrected chi connectivity index (χ3v) is 5.65. The van der Waals surface area contributed by atoms with Crippen molar-refractivity contribution < 1.29 is 14.6 Å². The van der Waals surface area contributed by atoms with Crippen LogP contribution >= 0.6 is 0 Å². The lowest BCUT2D eigenvalue weighted by Crippen LogP contribution is -2.44. The molecule has 0 bridgehead atoms. The third-order valence-electron chi connectivity index (χ3n) is 5.65. The number of carbonyl (C=O) groups is 1. The van der Waals surface area contributed by atoms with Crippen molar-refractivity contribution in [3.8, 4) is 0 Å². The van der Waals surface area contributed by atoms with Gasteiger partial charge in [0.25, 0.3) is 0 Å². The van der Waals surface area contributed by atoms with E-state index < -0.39 is 6.10 Å². The molecule has 148 valence electrons. The summed E-state index contributed by atoms with van der Waals surface area (Å²) in [6.07, 6.45) is 2.66. The third kappa shape index (κ3) is 4.41. The summed E-state index contributed by atoms with van der Waals surface area (Å²) in [7, 11) is 0. The number of benzene rings is 1. The van der Waals surface area contributed by atoms with E-state index in [1.165, 1.54) is 11.1 Å². The molecule has 1 aromatic carbocycles. The highest BCUT2D eigenvalue weighted by Crippen LogP contribution is 2.20. The van der Waals surface area contributed by atoms with Crippen LogP contribution in [-0.4, -0.2) is 54.3 Å². The van der Waals surface area contributed by atoms with Crippen molar-refractivity contribution in [3.63, 3.8) is 0 Å². The summed E-state index contributed by atoms with van der Waals surface area (Å²) >= 11 is 0. The normalized spacial score (nSPS) is 20.5. The molecule has 0 unspecified atom stereocenters. The number of aliphatic hydroxyl groups is 1. The zero-order valence-corrected chi connectivity index (χ0v) is 16.0. The number of aromatic nitrogens is 1. The predicted molar refractivity (Wildman–Crippen MR) is 108 cm³/mol. The van der Waals surface area contributed by atoms with Gasteiger partial charge in [-0.05, 0) is 36.1 Å². The number of hydrogen-bond donors (Lipinski definition) is 2. The van der Waals surface area contributed by atoms with Crippen LogP contribution in [0, 0.1) is 0 Å². The Morgan fingerprint density at radius 2 is 2.00 bits per heavy atom. The second-order valence-corrected chi connectivity index (χ2v) is 7.49. The van der Waals surface area contributed by atoms with Crippen LogP contribution in [-0.2, 0) is 17.7 Å². The maximum atomic E-state index is 12.5. The number of fused-ring (bicyclic) bond motifs is 1. The van der Waals surface area contributed by atoms with Crippen LogP contribution in [0.1, 0.15) is 34.3 Å². The van der Waals surface area contributed by atoms with E-state index in [1.54, 1.807) is 6.20 Å². The quantitative estimate of drug-likeness (QED) is 0.745. The number of nitrogens with one attached hydrogen (secondary N) is 1. The lowest BCUT2D eigenvalue weighted by atomic mass is 9.91. The Kier molecular flexibility index (Phi) is 6.00. The van der Waals surface area contributed by atoms with E-state index in [9.17, 15) is 9.90 Å². The Bertz CT molecular complexity index is 803. The van der Waals surface area contributed by atoms with Crippen LogP contribution < -0.4 is 10.2 Å². The van der Waals surface area contributed by atoms with Gasteiger partial charge in [-0.2, -0.15) is 0 Å². The molecule has 28 heavy (non-hydrogen) atoms. The Morgan fingerprint density at radius 1 is 1.21 bits per heavy atom. The molecule has 2 aliphatic rings. The Labute approximate surface area is 165 Å². The first kappa shape index (κ1) is 19.1. The lowest BCUT2D eigenvalue weighted by Gasteiger charge is -2.29. The highest BCUT2D eigenvalue weighted by Gasteiger charge is 2.25. The summed E-state index contributed by atoms with van der Waals surface area (Å²) in [6.45, 7) is 3.83. The highest BCUT2D eigenvalue weighted by atomic mass is 16.5. The van der Waals surface area contributed by atoms with Gasteiger partial charge in [0.15, 0.2) is 5.78 Å². The van der Waals surface area contributed by atoms with Gasteiger partial charge in [0.05, 0.1) is 19.3 Å². The van der Waals surface area contributed by atoms with E-state index in [0.717, 1.165) is 31.9 Å². The topological polar surface area (TPSA) is 74.7 Å². The molecular formula is C22H27N3O3. The fourth-order valence-corrected chi connectivity index (χ4v) is 3.91. The molecule has 2 N–H and O–H groups in total. The molecule has 2 aliphatic heterocycles. The number of ketones is 1. The minimum absolute atomic E-state index is 0.00970. The van der Waals surface area contributed by atoms with E-state index >= 15 is 0 Å². The van der Waals surface area contributed by atoms with Gasteiger partial charge in [0.1, 0.15) is 5.82 Å². The summed E-state index contributed by atoms with van der Waals surface area (Å²) in [5.41, 5.74) is 3.17. The number of ether oxygens (including phenoxy) is 1. The smallest absolute Gasteiger partial charge is 0.164 e. The highest BCUT2D eigenvalue weighted by molar-refractivity contribution is 5.95. The molecule has 0 amide bonds. The molecule has 1 aromatic heterocycles. The monoisotopic (exact) mass is 381 g/mol. The Morgan fingerprint density at radius 3 is 2.75 bits per heavy atom. The minimum atomic E-state index is -0.544. The predicted octanol–water partition coefficient (Wildman–Crippen LogP) is 1.96. The first-order valence-electron chi connectivity index (χ1n) is 10.0. The summed E-state index contributed by atoms with van der Waals surface area (Å²) in [4.78, 5) is 19.1. The number of anilines is 1. The van der Waals surface area contributed by atoms with Gasteiger partial charge in [-0.25, -0.2) is 4.98 Å². The van der Waals surface area contributed by atoms with Gasteiger partial charge >= 0.3 is 0 Å². The Balaban J connectivity index is 1.29. The van der Waals surface area contributed by atoms with Gasteiger partial charge in [-0.15, -0.1) is 0 Å². The molecule has 6 nitrogen and oxygen atoms in total. The van der Waals surface area contributed by atoms with E-state index in [1.807, 2.05) is 24.3 Å². The lowest BCUT2D eigenvalue weighted by molar-refractivity contribution is 0.0877. The number of hydrogen-bond acceptors (Lipinski definition) is 6. The van der Waals surface area contributed by atoms with E-state index in [0.29, 0.717) is 31.6 Å². The van der Waals surface area contributed by atoms with Crippen LogP contribution in [0.2, 0.25) is 0 Å². The molecule has 4 rings (SSSR count). The first-order valence-corrected chi connectivity index (χ1v) is 10.0. The fourth-order valence-electron chi connectivity index (χ4n) is 3.91. The Hall–Kier alpha value is -2.28. The van der Waals surface area contributed by atoms with Crippen LogP contribution in [0.4, 0.5) is 5.82 Å². The number of rotatable bonds is 6. The largest absolute Gasteiger partial charge is 0.391 e. The molecule has 0 radical (unpaired) electrons. The maximum absolute atomic E-state index is 12.5. The fraction of sp³-hybridized carbons (Fsp3) is 0.455. The molecule has 6 heteroatoms. The van der Waals surface area contributed by atoms with E-state index in [4.69, 9.17) is 4.74 Å². The van der Waals surface area contributed by atoms with Crippen LogP contribution in [0.3, 0.4) is 0 Å². The van der Waals surface area contributed by atoms with E-state index in [2.05, 4.69) is 27.3 Å². The molecule has 1 saturated heterocycles. The SMILES string of the molecule is O=C(CC[C@@H](O)[C@@H]1Cc2ccccc2CN1)c1ccc(N2CCOCC2)nc1. The second kappa shape index (κ2) is 8.82. The molecule has 3 heterocycles. The van der Waals surface area contributed by atoms with Crippen LogP contribution in [0.5, 0.6) is 0 Å². The average molecular weight is 381 g/mol. The minimum Gasteiger partial charge on any atom is -0.391 e. The molecule has 0 aliphatic carbocycles. The van der Waals surface area contributed by atoms with Crippen LogP contribution in [0.15, 0.2) is 42.6 Å². The molecule has 2 aromatic rings. The number of carbonyl (C=O) groups excluding carboxylic acids is 1. The zero-order valence-electron chi connectivity index (χ0n) is 16.0. The van der Waals surface area contributed by atoms with Gasteiger partial charge in [0.2, 0.25) is 0 Å². The average Bonchev–Trinajstić information content (AvgIpc) is 2.77. The van der Waals surface area contributed by atoms with Crippen molar-refractivity contribution in [2.45, 2.75) is 38.0 Å². The zero-order chi connectivity index (χ0) is 19.3. The number of pyridine rings is 1. The summed E-state index contributed by atoms with van der Waals surface area (Å²) in [5, 5.41) is 14.0. The van der Waals surface area contributed by atoms with Gasteiger partial charge in [0, 0.05) is 43.9 Å². The maximum Gasteiger partial charge on any atom is 0.164 e. The van der Waals surface area contributed by atoms with Crippen LogP contribution in [0.25, 0.3) is 0 Å². The van der Waals surface area contributed by atoms with Crippen molar-refractivity contribution in [1.29, 1.82) is 0 Å². The van der Waals surface area contributed by atoms with Crippen molar-refractivity contribution in [1.82, 2.24) is 10.3 Å². The van der Waals surface area contributed by atoms with Crippen molar-refractivity contribution in [3.05, 3.63) is 59.3 Å². The number of Topliss-reactive ketones (excluding diaryl/α,β-unsaturated/α-hetero) is 1. The van der Waals surface area contributed by atoms with Crippen molar-refractivity contribution in [2.75, 3.05) is 31.2 Å². The molecule has 2 atom stereocenters. The number of aliphatic hydroxyl groups excluding tert-OH is 1. The second-order valence-electron chi connectivity index (χ2n) is 7.49. The summed E-state index contributed by atoms with van der Waals surface area (Å²) < 4.78 is 5.35. The van der Waals surface area contributed by atoms with Crippen molar-refractivity contribution in [2.24, 2.45) is 0 Å². The first-order chi connectivity index (χ1) is 13.7. The number of morpholine rings is 1. The molecule has 0 saturated carbocycles. The molecular weight excluding hydrogens is 354 g/mol. The van der Waals surface area contributed by atoms with Gasteiger partial charge in [-0.1, -0.05) is 24.3 Å². The summed E-state index contributed by atoms with van der Waals surface area (Å²) in [6, 6.07) is 12.0. The number of nitrogens with zero attached hydrogens (tertiary/aromatic N) is 2. The standard InChI is InChI=1S/C22H27N3O3/c26-20(18-5-8-22(24-15-18)25-9-11-28-12-10-25)6-7-21(27)19-13-16-3-1-2-4-17(16)14-23-19/h1-5,8,15,19,21,23,27H,6-7,9-14H2/t19-,21+/m0/s1. The van der Waals surface area contributed by atoms with Crippen molar-refractivity contribution >= 4 is 11.6 Å². The summed E-state index contributed by atoms with van der Waals surface area (Å²) in [5.74, 6) is 0.904.